The third kappa shape index (κ3) is 4.03. The van der Waals surface area contributed by atoms with Crippen LogP contribution < -0.4 is 5.73 Å². The van der Waals surface area contributed by atoms with Crippen molar-refractivity contribution < 1.29 is 13.2 Å². The van der Waals surface area contributed by atoms with Crippen LogP contribution in [-0.2, 0) is 14.6 Å². The molecule has 0 aliphatic carbocycles. The maximum Gasteiger partial charge on any atom is 0.150 e. The topological polar surface area (TPSA) is 69.4 Å². The summed E-state index contributed by atoms with van der Waals surface area (Å²) in [4.78, 5) is 0. The molecule has 96 valence electrons. The standard InChI is InChI=1S/C11H23NO3S/c1-2-7-16(13,14)8-5-11(9-12)4-3-6-15-10-11/h2-10,12H2,1H3. The van der Waals surface area contributed by atoms with E-state index in [4.69, 9.17) is 10.5 Å². The van der Waals surface area contributed by atoms with Crippen LogP contribution in [0.3, 0.4) is 0 Å². The zero-order valence-corrected chi connectivity index (χ0v) is 10.9. The summed E-state index contributed by atoms with van der Waals surface area (Å²) < 4.78 is 28.7. The van der Waals surface area contributed by atoms with E-state index in [-0.39, 0.29) is 16.9 Å². The maximum atomic E-state index is 11.6. The Balaban J connectivity index is 2.50. The average molecular weight is 249 g/mol. The van der Waals surface area contributed by atoms with Gasteiger partial charge in [0, 0.05) is 24.3 Å². The summed E-state index contributed by atoms with van der Waals surface area (Å²) in [5.74, 6) is 0.538. The van der Waals surface area contributed by atoms with E-state index in [2.05, 4.69) is 0 Å². The van der Waals surface area contributed by atoms with Crippen LogP contribution in [0.5, 0.6) is 0 Å². The summed E-state index contributed by atoms with van der Waals surface area (Å²) in [5, 5.41) is 0. The third-order valence-electron chi connectivity index (χ3n) is 3.30. The monoisotopic (exact) mass is 249 g/mol. The lowest BCUT2D eigenvalue weighted by Crippen LogP contribution is -2.40. The lowest BCUT2D eigenvalue weighted by atomic mass is 9.80. The van der Waals surface area contributed by atoms with Crippen LogP contribution in [-0.4, -0.2) is 39.7 Å². The van der Waals surface area contributed by atoms with Gasteiger partial charge in [-0.15, -0.1) is 0 Å². The Labute approximate surface area is 98.5 Å². The molecule has 0 saturated carbocycles. The summed E-state index contributed by atoms with van der Waals surface area (Å²) in [5.41, 5.74) is 5.67. The van der Waals surface area contributed by atoms with Crippen LogP contribution in [0.25, 0.3) is 0 Å². The van der Waals surface area contributed by atoms with E-state index in [0.29, 0.717) is 26.0 Å². The van der Waals surface area contributed by atoms with Gasteiger partial charge in [-0.25, -0.2) is 8.42 Å². The Morgan fingerprint density at radius 1 is 1.38 bits per heavy atom. The molecule has 2 N–H and O–H groups in total. The van der Waals surface area contributed by atoms with Gasteiger partial charge >= 0.3 is 0 Å². The van der Waals surface area contributed by atoms with Crippen LogP contribution in [0.2, 0.25) is 0 Å². The SMILES string of the molecule is CCCS(=O)(=O)CCC1(CN)CCCOC1. The molecule has 0 amide bonds. The largest absolute Gasteiger partial charge is 0.381 e. The Morgan fingerprint density at radius 3 is 2.62 bits per heavy atom. The summed E-state index contributed by atoms with van der Waals surface area (Å²) in [6.45, 7) is 3.81. The Morgan fingerprint density at radius 2 is 2.12 bits per heavy atom. The summed E-state index contributed by atoms with van der Waals surface area (Å²) >= 11 is 0. The molecule has 1 saturated heterocycles. The second-order valence-corrected chi connectivity index (χ2v) is 7.07. The van der Waals surface area contributed by atoms with Crippen molar-refractivity contribution in [3.05, 3.63) is 0 Å². The number of sulfone groups is 1. The van der Waals surface area contributed by atoms with Crippen molar-refractivity contribution in [2.75, 3.05) is 31.3 Å². The minimum Gasteiger partial charge on any atom is -0.381 e. The van der Waals surface area contributed by atoms with Crippen LogP contribution >= 0.6 is 0 Å². The van der Waals surface area contributed by atoms with E-state index in [9.17, 15) is 8.42 Å². The van der Waals surface area contributed by atoms with Crippen LogP contribution in [0.4, 0.5) is 0 Å². The van der Waals surface area contributed by atoms with E-state index >= 15 is 0 Å². The normalized spacial score (nSPS) is 26.9. The third-order valence-corrected chi connectivity index (χ3v) is 5.15. The summed E-state index contributed by atoms with van der Waals surface area (Å²) in [7, 11) is -2.89. The first kappa shape index (κ1) is 13.9. The predicted octanol–water partition coefficient (Wildman–Crippen LogP) is 0.957. The predicted molar refractivity (Wildman–Crippen MR) is 65.1 cm³/mol. The minimum absolute atomic E-state index is 0.0982. The van der Waals surface area contributed by atoms with Gasteiger partial charge < -0.3 is 10.5 Å². The van der Waals surface area contributed by atoms with Crippen molar-refractivity contribution in [3.63, 3.8) is 0 Å². The fourth-order valence-electron chi connectivity index (χ4n) is 2.16. The van der Waals surface area contributed by atoms with Gasteiger partial charge in [-0.3, -0.25) is 0 Å². The molecule has 0 spiro atoms. The Bertz CT molecular complexity index is 294. The molecule has 1 unspecified atom stereocenters. The van der Waals surface area contributed by atoms with Crippen molar-refractivity contribution in [1.29, 1.82) is 0 Å². The zero-order chi connectivity index (χ0) is 12.1. The molecule has 1 aliphatic heterocycles. The van der Waals surface area contributed by atoms with Crippen LogP contribution in [0, 0.1) is 5.41 Å². The number of nitrogens with two attached hydrogens (primary N) is 1. The molecule has 0 aromatic heterocycles. The molecule has 0 aromatic rings. The lowest BCUT2D eigenvalue weighted by Gasteiger charge is -2.35. The molecule has 0 radical (unpaired) electrons. The highest BCUT2D eigenvalue weighted by Crippen LogP contribution is 2.31. The molecule has 4 nitrogen and oxygen atoms in total. The minimum atomic E-state index is -2.89. The van der Waals surface area contributed by atoms with Crippen molar-refractivity contribution in [3.8, 4) is 0 Å². The molecule has 1 fully saturated rings. The average Bonchev–Trinajstić information content (AvgIpc) is 2.28. The summed E-state index contributed by atoms with van der Waals surface area (Å²) in [6, 6.07) is 0. The molecule has 1 aliphatic rings. The Hall–Kier alpha value is -0.130. The second kappa shape index (κ2) is 5.98. The van der Waals surface area contributed by atoms with Crippen molar-refractivity contribution in [1.82, 2.24) is 0 Å². The van der Waals surface area contributed by atoms with E-state index in [1.54, 1.807) is 0 Å². The smallest absolute Gasteiger partial charge is 0.150 e. The second-order valence-electron chi connectivity index (χ2n) is 4.76. The van der Waals surface area contributed by atoms with Gasteiger partial charge in [0.1, 0.15) is 9.84 Å². The highest BCUT2D eigenvalue weighted by Gasteiger charge is 2.32. The number of ether oxygens (including phenoxy) is 1. The first-order valence-electron chi connectivity index (χ1n) is 6.02. The fraction of sp³-hybridized carbons (Fsp3) is 1.00. The Kier molecular flexibility index (Phi) is 5.21. The van der Waals surface area contributed by atoms with E-state index in [1.165, 1.54) is 0 Å². The molecule has 1 heterocycles. The fourth-order valence-corrected chi connectivity index (χ4v) is 3.73. The van der Waals surface area contributed by atoms with Gasteiger partial charge in [0.05, 0.1) is 12.4 Å². The van der Waals surface area contributed by atoms with Crippen LogP contribution in [0.15, 0.2) is 0 Å². The molecule has 1 atom stereocenters. The van der Waals surface area contributed by atoms with Gasteiger partial charge in [0.15, 0.2) is 0 Å². The molecule has 0 aromatic carbocycles. The highest BCUT2D eigenvalue weighted by atomic mass is 32.2. The maximum absolute atomic E-state index is 11.6. The van der Waals surface area contributed by atoms with Gasteiger partial charge in [0.2, 0.25) is 0 Å². The van der Waals surface area contributed by atoms with E-state index in [1.807, 2.05) is 6.92 Å². The molecule has 16 heavy (non-hydrogen) atoms. The van der Waals surface area contributed by atoms with E-state index < -0.39 is 9.84 Å². The van der Waals surface area contributed by atoms with Crippen molar-refractivity contribution >= 4 is 9.84 Å². The van der Waals surface area contributed by atoms with Crippen molar-refractivity contribution in [2.24, 2.45) is 11.1 Å². The van der Waals surface area contributed by atoms with Crippen LogP contribution in [0.1, 0.15) is 32.6 Å². The number of hydrogen-bond donors (Lipinski definition) is 1. The molecule has 5 heteroatoms. The molecular formula is C11H23NO3S. The number of hydrogen-bond acceptors (Lipinski definition) is 4. The first-order chi connectivity index (χ1) is 7.54. The molecular weight excluding hydrogens is 226 g/mol. The van der Waals surface area contributed by atoms with Gasteiger partial charge in [-0.05, 0) is 25.7 Å². The van der Waals surface area contributed by atoms with E-state index in [0.717, 1.165) is 19.4 Å². The highest BCUT2D eigenvalue weighted by molar-refractivity contribution is 7.91. The zero-order valence-electron chi connectivity index (χ0n) is 10.1. The molecule has 1 rings (SSSR count). The van der Waals surface area contributed by atoms with Gasteiger partial charge in [-0.1, -0.05) is 6.92 Å². The van der Waals surface area contributed by atoms with Gasteiger partial charge in [-0.2, -0.15) is 0 Å². The molecule has 0 bridgehead atoms. The quantitative estimate of drug-likeness (QED) is 0.761. The first-order valence-corrected chi connectivity index (χ1v) is 7.84. The summed E-state index contributed by atoms with van der Waals surface area (Å²) in [6.07, 6.45) is 3.32. The lowest BCUT2D eigenvalue weighted by molar-refractivity contribution is -0.00439. The number of rotatable bonds is 6. The van der Waals surface area contributed by atoms with Gasteiger partial charge in [0.25, 0.3) is 0 Å². The van der Waals surface area contributed by atoms with Crippen molar-refractivity contribution in [2.45, 2.75) is 32.6 Å².